The molecule has 3 heteroatoms. The first-order valence-electron chi connectivity index (χ1n) is 8.05. The van der Waals surface area contributed by atoms with E-state index >= 15 is 0 Å². The number of ether oxygens (including phenoxy) is 1. The largest absolute Gasteiger partial charge is 0.380 e. The van der Waals surface area contributed by atoms with Crippen molar-refractivity contribution in [2.75, 3.05) is 45.9 Å². The van der Waals surface area contributed by atoms with E-state index in [4.69, 9.17) is 4.74 Å². The summed E-state index contributed by atoms with van der Waals surface area (Å²) in [5.74, 6) is 0.892. The smallest absolute Gasteiger partial charge is 0.0590 e. The average Bonchev–Trinajstić information content (AvgIpc) is 2.58. The van der Waals surface area contributed by atoms with Crippen LogP contribution in [0.1, 0.15) is 47.0 Å². The quantitative estimate of drug-likeness (QED) is 0.720. The number of nitrogens with zero attached hydrogens (tertiary/aromatic N) is 1. The van der Waals surface area contributed by atoms with E-state index < -0.39 is 0 Å². The molecule has 0 amide bonds. The summed E-state index contributed by atoms with van der Waals surface area (Å²) < 4.78 is 5.32. The summed E-state index contributed by atoms with van der Waals surface area (Å²) in [7, 11) is 0. The third-order valence-electron chi connectivity index (χ3n) is 4.28. The van der Waals surface area contributed by atoms with E-state index in [1.54, 1.807) is 0 Å². The molecule has 1 aliphatic rings. The lowest BCUT2D eigenvalue weighted by molar-refractivity contribution is 0.148. The van der Waals surface area contributed by atoms with Crippen molar-refractivity contribution in [1.82, 2.24) is 10.2 Å². The number of nitrogens with one attached hydrogen (secondary N) is 1. The number of rotatable bonds is 7. The van der Waals surface area contributed by atoms with Gasteiger partial charge in [0.05, 0.1) is 6.61 Å². The molecule has 1 N–H and O–H groups in total. The summed E-state index contributed by atoms with van der Waals surface area (Å²) in [5.41, 5.74) is 0.478. The molecule has 1 unspecified atom stereocenters. The van der Waals surface area contributed by atoms with Gasteiger partial charge in [-0.15, -0.1) is 0 Å². The number of hydrogen-bond acceptors (Lipinski definition) is 3. The highest BCUT2D eigenvalue weighted by molar-refractivity contribution is 4.78. The fourth-order valence-electron chi connectivity index (χ4n) is 2.90. The lowest BCUT2D eigenvalue weighted by Gasteiger charge is -2.29. The van der Waals surface area contributed by atoms with Crippen molar-refractivity contribution >= 4 is 0 Å². The Morgan fingerprint density at radius 1 is 1.16 bits per heavy atom. The van der Waals surface area contributed by atoms with Crippen molar-refractivity contribution < 1.29 is 4.74 Å². The van der Waals surface area contributed by atoms with E-state index in [2.05, 4.69) is 31.0 Å². The molecular formula is C16H34N2O. The van der Waals surface area contributed by atoms with Crippen molar-refractivity contribution in [3.8, 4) is 0 Å². The Bertz CT molecular complexity index is 225. The summed E-state index contributed by atoms with van der Waals surface area (Å²) in [6.45, 7) is 16.7. The number of likely N-dealkylation sites (tertiary alicyclic amines) is 1. The van der Waals surface area contributed by atoms with Gasteiger partial charge in [-0.3, -0.25) is 0 Å². The standard InChI is InChI=1S/C16H34N2O/c1-5-19-14-10-17-9-13-18-11-6-7-15(8-12-18)16(2,3)4/h15,17H,5-14H2,1-4H3. The Hall–Kier alpha value is -0.120. The molecule has 1 atom stereocenters. The maximum atomic E-state index is 5.32. The molecule has 0 aromatic heterocycles. The fourth-order valence-corrected chi connectivity index (χ4v) is 2.90. The van der Waals surface area contributed by atoms with Crippen molar-refractivity contribution in [3.05, 3.63) is 0 Å². The maximum Gasteiger partial charge on any atom is 0.0590 e. The van der Waals surface area contributed by atoms with Gasteiger partial charge < -0.3 is 15.0 Å². The molecule has 114 valence electrons. The predicted molar refractivity (Wildman–Crippen MR) is 82.6 cm³/mol. The number of hydrogen-bond donors (Lipinski definition) is 1. The van der Waals surface area contributed by atoms with Gasteiger partial charge in [0.15, 0.2) is 0 Å². The van der Waals surface area contributed by atoms with Gasteiger partial charge in [-0.1, -0.05) is 20.8 Å². The van der Waals surface area contributed by atoms with E-state index in [1.165, 1.54) is 38.9 Å². The molecule has 0 aromatic carbocycles. The SMILES string of the molecule is CCOCCNCCN1CCCC(C(C)(C)C)CC1. The fraction of sp³-hybridized carbons (Fsp3) is 1.00. The summed E-state index contributed by atoms with van der Waals surface area (Å²) in [5, 5.41) is 3.46. The van der Waals surface area contributed by atoms with E-state index in [0.717, 1.165) is 32.2 Å². The molecule has 1 aliphatic heterocycles. The molecule has 3 nitrogen and oxygen atoms in total. The minimum atomic E-state index is 0.478. The second-order valence-electron chi connectivity index (χ2n) is 6.78. The Labute approximate surface area is 120 Å². The highest BCUT2D eigenvalue weighted by atomic mass is 16.5. The van der Waals surface area contributed by atoms with Crippen LogP contribution in [-0.4, -0.2) is 50.8 Å². The first-order chi connectivity index (χ1) is 9.04. The van der Waals surface area contributed by atoms with Gasteiger partial charge in [0.25, 0.3) is 0 Å². The Morgan fingerprint density at radius 3 is 2.63 bits per heavy atom. The first kappa shape index (κ1) is 16.9. The van der Waals surface area contributed by atoms with Crippen molar-refractivity contribution in [3.63, 3.8) is 0 Å². The van der Waals surface area contributed by atoms with Crippen molar-refractivity contribution in [2.45, 2.75) is 47.0 Å². The molecule has 0 spiro atoms. The third kappa shape index (κ3) is 7.28. The summed E-state index contributed by atoms with van der Waals surface area (Å²) in [6.07, 6.45) is 4.13. The molecular weight excluding hydrogens is 236 g/mol. The van der Waals surface area contributed by atoms with Crippen molar-refractivity contribution in [1.29, 1.82) is 0 Å². The van der Waals surface area contributed by atoms with Crippen LogP contribution in [-0.2, 0) is 4.74 Å². The zero-order valence-electron chi connectivity index (χ0n) is 13.5. The van der Waals surface area contributed by atoms with E-state index in [1.807, 2.05) is 6.92 Å². The van der Waals surface area contributed by atoms with Gasteiger partial charge in [0.2, 0.25) is 0 Å². The van der Waals surface area contributed by atoms with Crippen LogP contribution in [0.5, 0.6) is 0 Å². The van der Waals surface area contributed by atoms with Gasteiger partial charge in [-0.05, 0) is 50.6 Å². The summed E-state index contributed by atoms with van der Waals surface area (Å²) >= 11 is 0. The monoisotopic (exact) mass is 270 g/mol. The van der Waals surface area contributed by atoms with Gasteiger partial charge >= 0.3 is 0 Å². The molecule has 1 rings (SSSR count). The molecule has 0 bridgehead atoms. The van der Waals surface area contributed by atoms with Crippen molar-refractivity contribution in [2.24, 2.45) is 11.3 Å². The predicted octanol–water partition coefficient (Wildman–Crippen LogP) is 2.76. The summed E-state index contributed by atoms with van der Waals surface area (Å²) in [6, 6.07) is 0. The van der Waals surface area contributed by atoms with Crippen LogP contribution in [0.4, 0.5) is 0 Å². The average molecular weight is 270 g/mol. The van der Waals surface area contributed by atoms with Crippen LogP contribution < -0.4 is 5.32 Å². The Morgan fingerprint density at radius 2 is 1.95 bits per heavy atom. The Kier molecular flexibility index (Phi) is 7.96. The van der Waals surface area contributed by atoms with Gasteiger partial charge in [0, 0.05) is 26.2 Å². The highest BCUT2D eigenvalue weighted by Gasteiger charge is 2.26. The normalized spacial score (nSPS) is 22.4. The van der Waals surface area contributed by atoms with E-state index in [-0.39, 0.29) is 0 Å². The Balaban J connectivity index is 2.12. The van der Waals surface area contributed by atoms with Crippen LogP contribution in [0.2, 0.25) is 0 Å². The molecule has 0 saturated carbocycles. The molecule has 0 aromatic rings. The molecule has 1 saturated heterocycles. The first-order valence-corrected chi connectivity index (χ1v) is 8.05. The van der Waals surface area contributed by atoms with Gasteiger partial charge in [-0.25, -0.2) is 0 Å². The molecule has 19 heavy (non-hydrogen) atoms. The lowest BCUT2D eigenvalue weighted by atomic mass is 9.77. The second-order valence-corrected chi connectivity index (χ2v) is 6.78. The van der Waals surface area contributed by atoms with Crippen LogP contribution in [0.15, 0.2) is 0 Å². The van der Waals surface area contributed by atoms with Crippen LogP contribution in [0.25, 0.3) is 0 Å². The zero-order chi connectivity index (χ0) is 14.1. The maximum absolute atomic E-state index is 5.32. The van der Waals surface area contributed by atoms with Gasteiger partial charge in [-0.2, -0.15) is 0 Å². The van der Waals surface area contributed by atoms with Crippen LogP contribution in [0.3, 0.4) is 0 Å². The molecule has 0 radical (unpaired) electrons. The minimum absolute atomic E-state index is 0.478. The topological polar surface area (TPSA) is 24.5 Å². The molecule has 1 fully saturated rings. The summed E-state index contributed by atoms with van der Waals surface area (Å²) in [4.78, 5) is 2.62. The molecule has 1 heterocycles. The minimum Gasteiger partial charge on any atom is -0.380 e. The second kappa shape index (κ2) is 8.93. The zero-order valence-corrected chi connectivity index (χ0v) is 13.5. The van der Waals surface area contributed by atoms with Crippen LogP contribution >= 0.6 is 0 Å². The van der Waals surface area contributed by atoms with Crippen LogP contribution in [0, 0.1) is 11.3 Å². The van der Waals surface area contributed by atoms with E-state index in [9.17, 15) is 0 Å². The van der Waals surface area contributed by atoms with Gasteiger partial charge in [0.1, 0.15) is 0 Å². The third-order valence-corrected chi connectivity index (χ3v) is 4.28. The highest BCUT2D eigenvalue weighted by Crippen LogP contribution is 2.34. The molecule has 0 aliphatic carbocycles. The van der Waals surface area contributed by atoms with E-state index in [0.29, 0.717) is 5.41 Å². The lowest BCUT2D eigenvalue weighted by Crippen LogP contribution is -2.34.